The first kappa shape index (κ1) is 19.5. The Morgan fingerprint density at radius 2 is 1.60 bits per heavy atom. The van der Waals surface area contributed by atoms with Gasteiger partial charge >= 0.3 is 5.97 Å². The number of imide groups is 1. The highest BCUT2D eigenvalue weighted by molar-refractivity contribution is 6.23. The monoisotopic (exact) mass is 406 g/mol. The van der Waals surface area contributed by atoms with Crippen LogP contribution >= 0.6 is 0 Å². The standard InChI is InChI=1S/C22H18N2O6/c1-2-30-22(29)18(17-14-9-5-6-10-15(14)23-19(17)26)16(25)11-24-20(27)12-7-3-4-8-13(12)21(24)28/h3-10,17-18H,2,11H2,1H3,(H,23,26). The molecule has 2 unspecified atom stereocenters. The molecule has 0 saturated heterocycles. The molecule has 4 rings (SSSR count). The van der Waals surface area contributed by atoms with Crippen molar-refractivity contribution in [1.29, 1.82) is 0 Å². The summed E-state index contributed by atoms with van der Waals surface area (Å²) in [5, 5.41) is 2.66. The smallest absolute Gasteiger partial charge is 0.317 e. The lowest BCUT2D eigenvalue weighted by atomic mass is 9.83. The number of ketones is 1. The molecule has 152 valence electrons. The highest BCUT2D eigenvalue weighted by atomic mass is 16.5. The quantitative estimate of drug-likeness (QED) is 0.445. The van der Waals surface area contributed by atoms with Crippen LogP contribution in [0.1, 0.15) is 39.1 Å². The van der Waals surface area contributed by atoms with Gasteiger partial charge in [0.25, 0.3) is 11.8 Å². The van der Waals surface area contributed by atoms with E-state index in [0.29, 0.717) is 11.3 Å². The number of fused-ring (bicyclic) bond motifs is 2. The molecule has 30 heavy (non-hydrogen) atoms. The number of hydrogen-bond donors (Lipinski definition) is 1. The number of benzene rings is 2. The van der Waals surface area contributed by atoms with Crippen molar-refractivity contribution in [1.82, 2.24) is 4.90 Å². The van der Waals surface area contributed by atoms with Crippen molar-refractivity contribution in [2.24, 2.45) is 5.92 Å². The van der Waals surface area contributed by atoms with Crippen LogP contribution in [0.3, 0.4) is 0 Å². The van der Waals surface area contributed by atoms with E-state index in [0.717, 1.165) is 4.90 Å². The zero-order chi connectivity index (χ0) is 21.4. The molecular weight excluding hydrogens is 388 g/mol. The van der Waals surface area contributed by atoms with E-state index >= 15 is 0 Å². The number of nitrogens with zero attached hydrogens (tertiary/aromatic N) is 1. The van der Waals surface area contributed by atoms with Gasteiger partial charge in [-0.2, -0.15) is 0 Å². The third kappa shape index (κ3) is 3.06. The van der Waals surface area contributed by atoms with Gasteiger partial charge in [0.15, 0.2) is 5.78 Å². The van der Waals surface area contributed by atoms with E-state index in [9.17, 15) is 24.0 Å². The van der Waals surface area contributed by atoms with Crippen LogP contribution in [0, 0.1) is 5.92 Å². The Balaban J connectivity index is 1.65. The van der Waals surface area contributed by atoms with Crippen molar-refractivity contribution in [3.63, 3.8) is 0 Å². The second-order valence-electron chi connectivity index (χ2n) is 6.99. The molecule has 8 nitrogen and oxygen atoms in total. The van der Waals surface area contributed by atoms with Gasteiger partial charge in [-0.05, 0) is 30.7 Å². The number of rotatable bonds is 6. The van der Waals surface area contributed by atoms with Crippen LogP contribution in [0.2, 0.25) is 0 Å². The first-order valence-corrected chi connectivity index (χ1v) is 9.48. The summed E-state index contributed by atoms with van der Waals surface area (Å²) < 4.78 is 5.05. The average molecular weight is 406 g/mol. The second-order valence-corrected chi connectivity index (χ2v) is 6.99. The maximum absolute atomic E-state index is 13.2. The Kier molecular flexibility index (Phi) is 4.91. The zero-order valence-electron chi connectivity index (χ0n) is 16.1. The number of amides is 3. The van der Waals surface area contributed by atoms with Gasteiger partial charge in [-0.3, -0.25) is 28.9 Å². The molecule has 2 aromatic carbocycles. The highest BCUT2D eigenvalue weighted by Gasteiger charge is 2.47. The number of esters is 1. The lowest BCUT2D eigenvalue weighted by Gasteiger charge is -2.22. The highest BCUT2D eigenvalue weighted by Crippen LogP contribution is 2.38. The number of Topliss-reactive ketones (excluding diaryl/α,β-unsaturated/α-hetero) is 1. The molecule has 8 heteroatoms. The van der Waals surface area contributed by atoms with Crippen molar-refractivity contribution in [2.45, 2.75) is 12.8 Å². The van der Waals surface area contributed by atoms with Crippen LogP contribution in [0.4, 0.5) is 5.69 Å². The number of para-hydroxylation sites is 1. The number of carbonyl (C=O) groups excluding carboxylic acids is 5. The van der Waals surface area contributed by atoms with Crippen molar-refractivity contribution < 1.29 is 28.7 Å². The molecule has 0 aromatic heterocycles. The normalized spacial score (nSPS) is 18.0. The minimum atomic E-state index is -1.47. The fourth-order valence-electron chi connectivity index (χ4n) is 3.89. The summed E-state index contributed by atoms with van der Waals surface area (Å²) in [6.07, 6.45) is 0. The van der Waals surface area contributed by atoms with E-state index in [1.54, 1.807) is 43.3 Å². The Labute approximate surface area is 171 Å². The fraction of sp³-hybridized carbons (Fsp3) is 0.227. The number of ether oxygens (including phenoxy) is 1. The number of anilines is 1. The molecule has 3 amide bonds. The van der Waals surface area contributed by atoms with E-state index in [1.807, 2.05) is 0 Å². The Morgan fingerprint density at radius 3 is 2.23 bits per heavy atom. The number of nitrogens with one attached hydrogen (secondary N) is 1. The van der Waals surface area contributed by atoms with Gasteiger partial charge in [0.2, 0.25) is 5.91 Å². The number of hydrogen-bond acceptors (Lipinski definition) is 6. The summed E-state index contributed by atoms with van der Waals surface area (Å²) in [5.74, 6) is -5.90. The summed E-state index contributed by atoms with van der Waals surface area (Å²) in [6, 6.07) is 13.0. The Bertz CT molecular complexity index is 1060. The number of carbonyl (C=O) groups is 5. The molecule has 2 aliphatic heterocycles. The fourth-order valence-corrected chi connectivity index (χ4v) is 3.89. The van der Waals surface area contributed by atoms with Crippen molar-refractivity contribution in [3.05, 3.63) is 65.2 Å². The van der Waals surface area contributed by atoms with Gasteiger partial charge in [0, 0.05) is 5.69 Å². The third-order valence-corrected chi connectivity index (χ3v) is 5.25. The molecule has 0 bridgehead atoms. The van der Waals surface area contributed by atoms with Crippen LogP contribution in [0.25, 0.3) is 0 Å². The predicted molar refractivity (Wildman–Crippen MR) is 105 cm³/mol. The van der Waals surface area contributed by atoms with Crippen LogP contribution in [-0.4, -0.2) is 47.5 Å². The van der Waals surface area contributed by atoms with Crippen molar-refractivity contribution >= 4 is 35.2 Å². The molecule has 0 radical (unpaired) electrons. The molecule has 0 aliphatic carbocycles. The SMILES string of the molecule is CCOC(=O)C(C(=O)CN1C(=O)c2ccccc2C1=O)C1C(=O)Nc2ccccc21. The van der Waals surface area contributed by atoms with E-state index in [1.165, 1.54) is 12.1 Å². The molecule has 1 N–H and O–H groups in total. The summed E-state index contributed by atoms with van der Waals surface area (Å²) in [5.41, 5.74) is 1.41. The van der Waals surface area contributed by atoms with Crippen molar-refractivity contribution in [3.8, 4) is 0 Å². The van der Waals surface area contributed by atoms with Crippen LogP contribution in [0.5, 0.6) is 0 Å². The van der Waals surface area contributed by atoms with Crippen LogP contribution in [-0.2, 0) is 19.1 Å². The molecule has 2 heterocycles. The van der Waals surface area contributed by atoms with Gasteiger partial charge in [0.1, 0.15) is 5.92 Å². The summed E-state index contributed by atoms with van der Waals surface area (Å²) in [7, 11) is 0. The van der Waals surface area contributed by atoms with E-state index in [-0.39, 0.29) is 17.7 Å². The predicted octanol–water partition coefficient (Wildman–Crippen LogP) is 1.77. The van der Waals surface area contributed by atoms with Crippen molar-refractivity contribution in [2.75, 3.05) is 18.5 Å². The summed E-state index contributed by atoms with van der Waals surface area (Å²) >= 11 is 0. The minimum absolute atomic E-state index is 0.0195. The van der Waals surface area contributed by atoms with Gasteiger partial charge in [-0.15, -0.1) is 0 Å². The Morgan fingerprint density at radius 1 is 1.00 bits per heavy atom. The average Bonchev–Trinajstić information content (AvgIpc) is 3.18. The van der Waals surface area contributed by atoms with Gasteiger partial charge in [-0.1, -0.05) is 30.3 Å². The molecule has 2 atom stereocenters. The third-order valence-electron chi connectivity index (χ3n) is 5.25. The minimum Gasteiger partial charge on any atom is -0.465 e. The second kappa shape index (κ2) is 7.55. The summed E-state index contributed by atoms with van der Waals surface area (Å²) in [6.45, 7) is 0.986. The van der Waals surface area contributed by atoms with E-state index in [4.69, 9.17) is 4.74 Å². The van der Waals surface area contributed by atoms with Gasteiger partial charge in [-0.25, -0.2) is 0 Å². The topological polar surface area (TPSA) is 110 Å². The first-order chi connectivity index (χ1) is 14.4. The largest absolute Gasteiger partial charge is 0.465 e. The molecular formula is C22H18N2O6. The molecule has 2 aromatic rings. The molecule has 2 aliphatic rings. The van der Waals surface area contributed by atoms with E-state index < -0.39 is 47.9 Å². The zero-order valence-corrected chi connectivity index (χ0v) is 16.1. The molecule has 0 spiro atoms. The van der Waals surface area contributed by atoms with E-state index in [2.05, 4.69) is 5.32 Å². The first-order valence-electron chi connectivity index (χ1n) is 9.48. The lowest BCUT2D eigenvalue weighted by molar-refractivity contribution is -0.154. The maximum atomic E-state index is 13.2. The van der Waals surface area contributed by atoms with Crippen LogP contribution < -0.4 is 5.32 Å². The van der Waals surface area contributed by atoms with Gasteiger partial charge in [0.05, 0.1) is 30.2 Å². The molecule has 0 fully saturated rings. The lowest BCUT2D eigenvalue weighted by Crippen LogP contribution is -2.43. The van der Waals surface area contributed by atoms with Gasteiger partial charge < -0.3 is 10.1 Å². The maximum Gasteiger partial charge on any atom is 0.317 e. The molecule has 0 saturated carbocycles. The summed E-state index contributed by atoms with van der Waals surface area (Å²) in [4.78, 5) is 64.5. The van der Waals surface area contributed by atoms with Crippen LogP contribution in [0.15, 0.2) is 48.5 Å². The Hall–Kier alpha value is -3.81.